The summed E-state index contributed by atoms with van der Waals surface area (Å²) < 4.78 is 5.36. The van der Waals surface area contributed by atoms with E-state index in [2.05, 4.69) is 13.8 Å². The smallest absolute Gasteiger partial charge is 0.106 e. The number of hydrogen-bond donors (Lipinski definition) is 1. The molecule has 0 fully saturated rings. The van der Waals surface area contributed by atoms with Crippen molar-refractivity contribution in [1.29, 1.82) is 0 Å². The molecule has 0 spiro atoms. The molecular formula is C9H19NO. The van der Waals surface area contributed by atoms with Gasteiger partial charge in [0.15, 0.2) is 0 Å². The molecule has 0 aromatic carbocycles. The van der Waals surface area contributed by atoms with E-state index in [1.807, 2.05) is 19.9 Å². The van der Waals surface area contributed by atoms with Gasteiger partial charge in [0, 0.05) is 12.8 Å². The average Bonchev–Trinajstić information content (AvgIpc) is 2.01. The molecule has 0 heterocycles. The molecular weight excluding hydrogens is 138 g/mol. The van der Waals surface area contributed by atoms with E-state index in [-0.39, 0.29) is 5.60 Å². The molecule has 2 N–H and O–H groups in total. The Bertz CT molecular complexity index is 152. The van der Waals surface area contributed by atoms with E-state index in [9.17, 15) is 0 Å². The number of hydrogen-bond acceptors (Lipinski definition) is 2. The molecule has 2 nitrogen and oxygen atoms in total. The third kappa shape index (κ3) is 1.96. The summed E-state index contributed by atoms with van der Waals surface area (Å²) in [6.07, 6.45) is 1.89. The van der Waals surface area contributed by atoms with Crippen LogP contribution in [0.25, 0.3) is 0 Å². The molecule has 0 saturated heterocycles. The quantitative estimate of drug-likeness (QED) is 0.679. The lowest BCUT2D eigenvalue weighted by molar-refractivity contribution is -0.00143. The third-order valence-corrected chi connectivity index (χ3v) is 2.41. The number of allylic oxidation sites excluding steroid dienone is 1. The van der Waals surface area contributed by atoms with Crippen molar-refractivity contribution in [2.75, 3.05) is 7.11 Å². The first-order chi connectivity index (χ1) is 4.99. The average molecular weight is 157 g/mol. The molecule has 2 heteroatoms. The second-order valence-electron chi connectivity index (χ2n) is 3.21. The monoisotopic (exact) mass is 157 g/mol. The second-order valence-corrected chi connectivity index (χ2v) is 3.21. The Morgan fingerprint density at radius 1 is 1.55 bits per heavy atom. The van der Waals surface area contributed by atoms with Gasteiger partial charge < -0.3 is 10.5 Å². The summed E-state index contributed by atoms with van der Waals surface area (Å²) >= 11 is 0. The molecule has 0 saturated carbocycles. The molecule has 0 radical (unpaired) electrons. The normalized spacial score (nSPS) is 18.5. The van der Waals surface area contributed by atoms with Gasteiger partial charge in [-0.3, -0.25) is 0 Å². The molecule has 0 aliphatic carbocycles. The van der Waals surface area contributed by atoms with E-state index < -0.39 is 0 Å². The van der Waals surface area contributed by atoms with Crippen LogP contribution in [0.4, 0.5) is 0 Å². The van der Waals surface area contributed by atoms with Crippen LogP contribution in [0.1, 0.15) is 27.7 Å². The van der Waals surface area contributed by atoms with Crippen molar-refractivity contribution in [3.05, 3.63) is 11.8 Å². The van der Waals surface area contributed by atoms with Crippen LogP contribution in [0, 0.1) is 5.92 Å². The lowest BCUT2D eigenvalue weighted by Crippen LogP contribution is -2.39. The fraction of sp³-hybridized carbons (Fsp3) is 0.778. The minimum atomic E-state index is -0.311. The zero-order chi connectivity index (χ0) is 9.07. The van der Waals surface area contributed by atoms with Crippen LogP contribution in [-0.2, 0) is 4.74 Å². The lowest BCUT2D eigenvalue weighted by atomic mass is 9.89. The summed E-state index contributed by atoms with van der Waals surface area (Å²) in [5, 5.41) is 0. The van der Waals surface area contributed by atoms with Gasteiger partial charge in [-0.2, -0.15) is 0 Å². The highest BCUT2D eigenvalue weighted by molar-refractivity contribution is 5.12. The van der Waals surface area contributed by atoms with Gasteiger partial charge in [0.05, 0.1) is 0 Å². The summed E-state index contributed by atoms with van der Waals surface area (Å²) in [7, 11) is 1.69. The van der Waals surface area contributed by atoms with E-state index >= 15 is 0 Å². The standard InChI is InChI=1S/C9H19NO/c1-6-8(10)9(4,11-5)7(2)3/h6-7H,10H2,1-5H3/b8-6+. The van der Waals surface area contributed by atoms with Crippen molar-refractivity contribution in [1.82, 2.24) is 0 Å². The summed E-state index contributed by atoms with van der Waals surface area (Å²) in [5.41, 5.74) is 6.29. The molecule has 1 atom stereocenters. The fourth-order valence-electron chi connectivity index (χ4n) is 0.973. The predicted octanol–water partition coefficient (Wildman–Crippen LogP) is 1.91. The van der Waals surface area contributed by atoms with Crippen LogP contribution in [0.15, 0.2) is 11.8 Å². The maximum Gasteiger partial charge on any atom is 0.106 e. The molecule has 0 rings (SSSR count). The molecule has 0 aromatic heterocycles. The maximum absolute atomic E-state index is 5.80. The van der Waals surface area contributed by atoms with Gasteiger partial charge in [-0.1, -0.05) is 19.9 Å². The first-order valence-electron chi connectivity index (χ1n) is 3.96. The molecule has 0 aromatic rings. The largest absolute Gasteiger partial charge is 0.400 e. The first kappa shape index (κ1) is 10.5. The molecule has 0 amide bonds. The van der Waals surface area contributed by atoms with Gasteiger partial charge in [-0.25, -0.2) is 0 Å². The van der Waals surface area contributed by atoms with E-state index in [1.165, 1.54) is 0 Å². The number of methoxy groups -OCH3 is 1. The lowest BCUT2D eigenvalue weighted by Gasteiger charge is -2.32. The summed E-state index contributed by atoms with van der Waals surface area (Å²) in [5.74, 6) is 0.392. The van der Waals surface area contributed by atoms with E-state index in [0.717, 1.165) is 5.70 Å². The molecule has 0 bridgehead atoms. The van der Waals surface area contributed by atoms with Crippen LogP contribution in [0.5, 0.6) is 0 Å². The van der Waals surface area contributed by atoms with Gasteiger partial charge in [-0.15, -0.1) is 0 Å². The molecule has 0 aliphatic heterocycles. The number of rotatable bonds is 3. The Labute approximate surface area is 69.4 Å². The van der Waals surface area contributed by atoms with Gasteiger partial charge in [0.25, 0.3) is 0 Å². The Balaban J connectivity index is 4.60. The first-order valence-corrected chi connectivity index (χ1v) is 3.96. The van der Waals surface area contributed by atoms with Crippen LogP contribution >= 0.6 is 0 Å². The third-order valence-electron chi connectivity index (χ3n) is 2.41. The van der Waals surface area contributed by atoms with Crippen molar-refractivity contribution < 1.29 is 4.74 Å². The zero-order valence-electron chi connectivity index (χ0n) is 8.14. The minimum Gasteiger partial charge on any atom is -0.400 e. The summed E-state index contributed by atoms with van der Waals surface area (Å²) in [4.78, 5) is 0. The molecule has 66 valence electrons. The van der Waals surface area contributed by atoms with E-state index in [4.69, 9.17) is 10.5 Å². The van der Waals surface area contributed by atoms with Gasteiger partial charge >= 0.3 is 0 Å². The predicted molar refractivity (Wildman–Crippen MR) is 48.2 cm³/mol. The van der Waals surface area contributed by atoms with Gasteiger partial charge in [0.1, 0.15) is 5.60 Å². The van der Waals surface area contributed by atoms with Gasteiger partial charge in [-0.05, 0) is 19.8 Å². The Kier molecular flexibility index (Phi) is 3.59. The highest BCUT2D eigenvalue weighted by atomic mass is 16.5. The SMILES string of the molecule is C/C=C(/N)C(C)(OC)C(C)C. The fourth-order valence-corrected chi connectivity index (χ4v) is 0.973. The van der Waals surface area contributed by atoms with Crippen molar-refractivity contribution in [3.8, 4) is 0 Å². The van der Waals surface area contributed by atoms with Crippen LogP contribution in [0.3, 0.4) is 0 Å². The molecule has 1 unspecified atom stereocenters. The maximum atomic E-state index is 5.80. The van der Waals surface area contributed by atoms with Gasteiger partial charge in [0.2, 0.25) is 0 Å². The number of ether oxygens (including phenoxy) is 1. The van der Waals surface area contributed by atoms with Crippen LogP contribution < -0.4 is 5.73 Å². The Hall–Kier alpha value is -0.500. The van der Waals surface area contributed by atoms with Crippen molar-refractivity contribution in [2.45, 2.75) is 33.3 Å². The van der Waals surface area contributed by atoms with Crippen LogP contribution in [-0.4, -0.2) is 12.7 Å². The van der Waals surface area contributed by atoms with E-state index in [1.54, 1.807) is 7.11 Å². The highest BCUT2D eigenvalue weighted by Gasteiger charge is 2.30. The minimum absolute atomic E-state index is 0.311. The topological polar surface area (TPSA) is 35.2 Å². The summed E-state index contributed by atoms with van der Waals surface area (Å²) in [6.45, 7) is 8.13. The Morgan fingerprint density at radius 2 is 2.00 bits per heavy atom. The van der Waals surface area contributed by atoms with Crippen molar-refractivity contribution in [2.24, 2.45) is 11.7 Å². The molecule has 0 aliphatic rings. The highest BCUT2D eigenvalue weighted by Crippen LogP contribution is 2.25. The zero-order valence-corrected chi connectivity index (χ0v) is 8.14. The summed E-state index contributed by atoms with van der Waals surface area (Å²) in [6, 6.07) is 0. The van der Waals surface area contributed by atoms with Crippen molar-refractivity contribution >= 4 is 0 Å². The number of nitrogens with two attached hydrogens (primary N) is 1. The molecule has 11 heavy (non-hydrogen) atoms. The van der Waals surface area contributed by atoms with E-state index in [0.29, 0.717) is 5.92 Å². The Morgan fingerprint density at radius 3 is 2.09 bits per heavy atom. The second kappa shape index (κ2) is 3.77. The van der Waals surface area contributed by atoms with Crippen molar-refractivity contribution in [3.63, 3.8) is 0 Å². The van der Waals surface area contributed by atoms with Crippen LogP contribution in [0.2, 0.25) is 0 Å².